The molecule has 0 unspecified atom stereocenters. The number of hydrogen-bond donors (Lipinski definition) is 1. The first-order valence-corrected chi connectivity index (χ1v) is 7.65. The van der Waals surface area contributed by atoms with Crippen LogP contribution in [-0.2, 0) is 4.74 Å². The molecule has 0 atom stereocenters. The van der Waals surface area contributed by atoms with Crippen molar-refractivity contribution in [2.24, 2.45) is 0 Å². The van der Waals surface area contributed by atoms with Crippen molar-refractivity contribution in [3.05, 3.63) is 26.7 Å². The quantitative estimate of drug-likeness (QED) is 0.501. The van der Waals surface area contributed by atoms with Crippen LogP contribution in [0, 0.1) is 10.1 Å². The fraction of sp³-hybridized carbons (Fsp3) is 0.538. The first-order chi connectivity index (χ1) is 10.1. The number of anilines is 2. The smallest absolute Gasteiger partial charge is 0.293 e. The zero-order chi connectivity index (χ0) is 15.0. The molecule has 21 heavy (non-hydrogen) atoms. The van der Waals surface area contributed by atoms with Crippen molar-refractivity contribution in [1.29, 1.82) is 0 Å². The van der Waals surface area contributed by atoms with Crippen LogP contribution in [0.1, 0.15) is 0 Å². The van der Waals surface area contributed by atoms with Crippen molar-refractivity contribution in [3.8, 4) is 0 Å². The maximum Gasteiger partial charge on any atom is 0.293 e. The number of halogens is 1. The molecule has 0 radical (unpaired) electrons. The molecule has 1 aromatic rings. The monoisotopic (exact) mass is 356 g/mol. The normalized spacial score (nSPS) is 20.3. The number of nitro groups is 1. The molecule has 2 heterocycles. The van der Waals surface area contributed by atoms with Gasteiger partial charge in [-0.3, -0.25) is 15.0 Å². The number of nitrogen functional groups attached to an aromatic ring is 1. The maximum atomic E-state index is 10.9. The highest BCUT2D eigenvalue weighted by Gasteiger charge is 2.29. The molecular weight excluding hydrogens is 340 g/mol. The lowest BCUT2D eigenvalue weighted by Crippen LogP contribution is -2.56. The van der Waals surface area contributed by atoms with Gasteiger partial charge in [-0.15, -0.1) is 0 Å². The van der Waals surface area contributed by atoms with Crippen molar-refractivity contribution in [1.82, 2.24) is 4.90 Å². The minimum atomic E-state index is -0.460. The van der Waals surface area contributed by atoms with Gasteiger partial charge in [0.15, 0.2) is 0 Å². The van der Waals surface area contributed by atoms with Gasteiger partial charge in [0, 0.05) is 36.7 Å². The molecule has 0 aromatic heterocycles. The fourth-order valence-electron chi connectivity index (χ4n) is 2.73. The van der Waals surface area contributed by atoms with Crippen LogP contribution in [0.2, 0.25) is 0 Å². The van der Waals surface area contributed by atoms with Crippen LogP contribution in [0.25, 0.3) is 0 Å². The molecule has 0 aliphatic carbocycles. The molecule has 1 aromatic carbocycles. The van der Waals surface area contributed by atoms with Gasteiger partial charge in [-0.05, 0) is 22.0 Å². The Morgan fingerprint density at radius 3 is 2.48 bits per heavy atom. The summed E-state index contributed by atoms with van der Waals surface area (Å²) >= 11 is 3.42. The van der Waals surface area contributed by atoms with Gasteiger partial charge in [-0.1, -0.05) is 0 Å². The third-order valence-electron chi connectivity index (χ3n) is 4.08. The molecule has 0 bridgehead atoms. The molecule has 7 nitrogen and oxygen atoms in total. The van der Waals surface area contributed by atoms with Crippen LogP contribution < -0.4 is 10.6 Å². The molecular formula is C13H17BrN4O3. The lowest BCUT2D eigenvalue weighted by Gasteiger charge is -2.43. The summed E-state index contributed by atoms with van der Waals surface area (Å²) in [6, 6.07) is 3.72. The van der Waals surface area contributed by atoms with E-state index in [1.807, 2.05) is 0 Å². The van der Waals surface area contributed by atoms with Crippen molar-refractivity contribution < 1.29 is 9.66 Å². The Morgan fingerprint density at radius 1 is 1.29 bits per heavy atom. The molecule has 0 saturated carbocycles. The molecule has 2 aliphatic heterocycles. The number of nitrogens with two attached hydrogens (primary N) is 1. The van der Waals surface area contributed by atoms with Crippen LogP contribution >= 0.6 is 15.9 Å². The van der Waals surface area contributed by atoms with E-state index in [0.717, 1.165) is 45.1 Å². The van der Waals surface area contributed by atoms with E-state index < -0.39 is 4.92 Å². The second-order valence-electron chi connectivity index (χ2n) is 5.33. The van der Waals surface area contributed by atoms with Gasteiger partial charge >= 0.3 is 0 Å². The average Bonchev–Trinajstić information content (AvgIpc) is 2.40. The van der Waals surface area contributed by atoms with E-state index in [0.29, 0.717) is 10.5 Å². The van der Waals surface area contributed by atoms with E-state index in [1.54, 1.807) is 6.07 Å². The summed E-state index contributed by atoms with van der Waals surface area (Å²) in [5, 5.41) is 10.9. The number of hydrogen-bond acceptors (Lipinski definition) is 6. The molecule has 2 aliphatic rings. The average molecular weight is 357 g/mol. The van der Waals surface area contributed by atoms with Crippen LogP contribution in [0.4, 0.5) is 17.1 Å². The third-order valence-corrected chi connectivity index (χ3v) is 4.72. The van der Waals surface area contributed by atoms with Crippen molar-refractivity contribution in [3.63, 3.8) is 0 Å². The number of ether oxygens (including phenoxy) is 1. The first kappa shape index (κ1) is 14.6. The third kappa shape index (κ3) is 2.83. The van der Waals surface area contributed by atoms with Gasteiger partial charge in [0.2, 0.25) is 0 Å². The summed E-state index contributed by atoms with van der Waals surface area (Å²) in [5.74, 6) is 0. The maximum absolute atomic E-state index is 10.9. The predicted molar refractivity (Wildman–Crippen MR) is 83.6 cm³/mol. The number of rotatable bonds is 3. The van der Waals surface area contributed by atoms with Crippen LogP contribution in [0.3, 0.4) is 0 Å². The van der Waals surface area contributed by atoms with E-state index in [2.05, 4.69) is 25.7 Å². The van der Waals surface area contributed by atoms with E-state index in [1.165, 1.54) is 6.07 Å². The molecule has 8 heteroatoms. The largest absolute Gasteiger partial charge is 0.393 e. The summed E-state index contributed by atoms with van der Waals surface area (Å²) in [5.41, 5.74) is 6.85. The summed E-state index contributed by atoms with van der Waals surface area (Å²) in [7, 11) is 0. The van der Waals surface area contributed by atoms with Crippen LogP contribution in [-0.4, -0.2) is 55.3 Å². The van der Waals surface area contributed by atoms with Crippen molar-refractivity contribution in [2.45, 2.75) is 6.04 Å². The zero-order valence-corrected chi connectivity index (χ0v) is 13.1. The van der Waals surface area contributed by atoms with E-state index in [9.17, 15) is 10.1 Å². The molecule has 3 rings (SSSR count). The van der Waals surface area contributed by atoms with Gasteiger partial charge in [-0.25, -0.2) is 0 Å². The summed E-state index contributed by atoms with van der Waals surface area (Å²) in [6.45, 7) is 5.36. The lowest BCUT2D eigenvalue weighted by atomic mass is 10.1. The Bertz CT molecular complexity index is 557. The van der Waals surface area contributed by atoms with Crippen molar-refractivity contribution >= 4 is 33.0 Å². The highest BCUT2D eigenvalue weighted by atomic mass is 79.9. The summed E-state index contributed by atoms with van der Waals surface area (Å²) in [6.07, 6.45) is 0. The molecule has 0 amide bonds. The summed E-state index contributed by atoms with van der Waals surface area (Å²) in [4.78, 5) is 15.1. The van der Waals surface area contributed by atoms with Crippen molar-refractivity contribution in [2.75, 3.05) is 50.0 Å². The van der Waals surface area contributed by atoms with Gasteiger partial charge in [0.25, 0.3) is 5.69 Å². The van der Waals surface area contributed by atoms with Gasteiger partial charge in [0.05, 0.1) is 29.9 Å². The minimum Gasteiger partial charge on any atom is -0.393 e. The zero-order valence-electron chi connectivity index (χ0n) is 11.5. The Morgan fingerprint density at radius 2 is 1.95 bits per heavy atom. The second-order valence-corrected chi connectivity index (χ2v) is 6.19. The molecule has 0 spiro atoms. The van der Waals surface area contributed by atoms with E-state index in [-0.39, 0.29) is 11.4 Å². The Balaban J connectivity index is 1.72. The molecule has 2 saturated heterocycles. The van der Waals surface area contributed by atoms with E-state index >= 15 is 0 Å². The summed E-state index contributed by atoms with van der Waals surface area (Å²) < 4.78 is 5.94. The van der Waals surface area contributed by atoms with Gasteiger partial charge in [0.1, 0.15) is 5.69 Å². The van der Waals surface area contributed by atoms with Gasteiger partial charge in [-0.2, -0.15) is 0 Å². The number of nitrogens with zero attached hydrogens (tertiary/aromatic N) is 3. The minimum absolute atomic E-state index is 0.0594. The number of benzene rings is 1. The second kappa shape index (κ2) is 5.78. The number of piperazine rings is 1. The molecule has 114 valence electrons. The highest BCUT2D eigenvalue weighted by Crippen LogP contribution is 2.35. The van der Waals surface area contributed by atoms with Crippen LogP contribution in [0.15, 0.2) is 16.6 Å². The topological polar surface area (TPSA) is 84.9 Å². The lowest BCUT2D eigenvalue weighted by molar-refractivity contribution is -0.384. The Hall–Kier alpha value is -1.38. The molecule has 2 fully saturated rings. The molecule has 2 N–H and O–H groups in total. The standard InChI is InChI=1S/C13H17BrN4O3/c14-10-5-13(18(19)20)11(15)6-12(10)17-3-1-16(2-4-17)9-7-21-8-9/h5-6,9H,1-4,7-8,15H2. The first-order valence-electron chi connectivity index (χ1n) is 6.86. The highest BCUT2D eigenvalue weighted by molar-refractivity contribution is 9.10. The fourth-order valence-corrected chi connectivity index (χ4v) is 3.31. The predicted octanol–water partition coefficient (Wildman–Crippen LogP) is 1.46. The van der Waals surface area contributed by atoms with Crippen LogP contribution in [0.5, 0.6) is 0 Å². The SMILES string of the molecule is Nc1cc(N2CCN(C3COC3)CC2)c(Br)cc1[N+](=O)[O-]. The van der Waals surface area contributed by atoms with E-state index in [4.69, 9.17) is 10.5 Å². The van der Waals surface area contributed by atoms with Gasteiger partial charge < -0.3 is 15.4 Å². The number of nitro benzene ring substituents is 1. The Labute approximate surface area is 130 Å². The Kier molecular flexibility index (Phi) is 4.01.